The van der Waals surface area contributed by atoms with E-state index < -0.39 is 14.6 Å². The number of sulfone groups is 1. The Morgan fingerprint density at radius 3 is 2.14 bits per heavy atom. The largest absolute Gasteiger partial charge is 0.339 e. The van der Waals surface area contributed by atoms with Crippen LogP contribution in [0.3, 0.4) is 0 Å². The third-order valence-electron chi connectivity index (χ3n) is 5.73. The highest BCUT2D eigenvalue weighted by atomic mass is 35.5. The van der Waals surface area contributed by atoms with Gasteiger partial charge in [0.15, 0.2) is 14.6 Å². The first-order chi connectivity index (χ1) is 12.4. The summed E-state index contributed by atoms with van der Waals surface area (Å²) in [4.78, 5) is 17.2. The third kappa shape index (κ3) is 5.60. The molecule has 9 heteroatoms. The molecule has 0 unspecified atom stereocenters. The molecule has 2 saturated heterocycles. The van der Waals surface area contributed by atoms with E-state index in [1.54, 1.807) is 4.90 Å². The number of halogens is 2. The number of carbonyl (C=O) groups excluding carboxylic acids is 1. The van der Waals surface area contributed by atoms with Crippen LogP contribution in [0.2, 0.25) is 0 Å². The van der Waals surface area contributed by atoms with Crippen molar-refractivity contribution in [1.29, 1.82) is 0 Å². The number of piperazine rings is 1. The van der Waals surface area contributed by atoms with Gasteiger partial charge >= 0.3 is 0 Å². The SMILES string of the molecule is CS(=O)(=O)C1(C(=O)N2CCN(CCc3ccccc3)CC2)CCNCC1.Cl.Cl. The lowest BCUT2D eigenvalue weighted by atomic mass is 9.95. The maximum atomic E-state index is 13.1. The molecule has 0 bridgehead atoms. The molecule has 2 heterocycles. The minimum Gasteiger partial charge on any atom is -0.339 e. The Hall–Kier alpha value is -0.860. The fourth-order valence-corrected chi connectivity index (χ4v) is 5.36. The van der Waals surface area contributed by atoms with E-state index in [0.29, 0.717) is 39.0 Å². The zero-order chi connectivity index (χ0) is 18.6. The van der Waals surface area contributed by atoms with Crippen LogP contribution in [-0.2, 0) is 21.1 Å². The van der Waals surface area contributed by atoms with Crippen LogP contribution in [0, 0.1) is 0 Å². The molecule has 1 amide bonds. The second kappa shape index (κ2) is 10.8. The topological polar surface area (TPSA) is 69.7 Å². The Labute approximate surface area is 180 Å². The predicted octanol–water partition coefficient (Wildman–Crippen LogP) is 1.38. The summed E-state index contributed by atoms with van der Waals surface area (Å²) >= 11 is 0. The van der Waals surface area contributed by atoms with E-state index in [0.717, 1.165) is 26.1 Å². The van der Waals surface area contributed by atoms with Crippen LogP contribution < -0.4 is 5.32 Å². The Bertz CT molecular complexity index is 717. The molecule has 0 aliphatic carbocycles. The van der Waals surface area contributed by atoms with Gasteiger partial charge in [0.2, 0.25) is 5.91 Å². The normalized spacial score (nSPS) is 20.0. The summed E-state index contributed by atoms with van der Waals surface area (Å²) in [7, 11) is -3.44. The van der Waals surface area contributed by atoms with Crippen molar-refractivity contribution in [3.05, 3.63) is 35.9 Å². The minimum absolute atomic E-state index is 0. The quantitative estimate of drug-likeness (QED) is 0.731. The van der Waals surface area contributed by atoms with E-state index in [4.69, 9.17) is 0 Å². The van der Waals surface area contributed by atoms with Crippen LogP contribution >= 0.6 is 24.8 Å². The average molecular weight is 452 g/mol. The maximum absolute atomic E-state index is 13.1. The molecule has 0 atom stereocenters. The molecule has 0 radical (unpaired) electrons. The first kappa shape index (κ1) is 25.2. The molecule has 160 valence electrons. The van der Waals surface area contributed by atoms with Gasteiger partial charge in [-0.2, -0.15) is 0 Å². The van der Waals surface area contributed by atoms with Gasteiger partial charge in [0.25, 0.3) is 0 Å². The van der Waals surface area contributed by atoms with Gasteiger partial charge in [-0.3, -0.25) is 9.69 Å². The molecule has 1 aromatic carbocycles. The van der Waals surface area contributed by atoms with Crippen LogP contribution in [-0.4, -0.2) is 80.9 Å². The van der Waals surface area contributed by atoms with E-state index >= 15 is 0 Å². The molecule has 2 fully saturated rings. The molecular weight excluding hydrogens is 421 g/mol. The summed E-state index contributed by atoms with van der Waals surface area (Å²) in [5.74, 6) is -0.191. The van der Waals surface area contributed by atoms with Crippen molar-refractivity contribution in [2.24, 2.45) is 0 Å². The van der Waals surface area contributed by atoms with Crippen LogP contribution in [0.4, 0.5) is 0 Å². The van der Waals surface area contributed by atoms with Gasteiger partial charge in [-0.05, 0) is 37.9 Å². The minimum atomic E-state index is -3.44. The number of hydrogen-bond donors (Lipinski definition) is 1. The highest BCUT2D eigenvalue weighted by Crippen LogP contribution is 2.30. The highest BCUT2D eigenvalue weighted by Gasteiger charge is 2.50. The van der Waals surface area contributed by atoms with Gasteiger partial charge in [-0.25, -0.2) is 8.42 Å². The van der Waals surface area contributed by atoms with Crippen molar-refractivity contribution in [2.75, 3.05) is 52.1 Å². The number of piperidine rings is 1. The van der Waals surface area contributed by atoms with Crippen LogP contribution in [0.1, 0.15) is 18.4 Å². The van der Waals surface area contributed by atoms with E-state index in [1.807, 2.05) is 6.07 Å². The lowest BCUT2D eigenvalue weighted by Gasteiger charge is -2.42. The molecule has 2 aliphatic rings. The van der Waals surface area contributed by atoms with Gasteiger partial charge in [0.05, 0.1) is 0 Å². The standard InChI is InChI=1S/C19H29N3O3S.2ClH/c1-26(24,25)19(8-10-20-11-9-19)18(23)22-15-13-21(14-16-22)12-7-17-5-3-2-4-6-17;;/h2-6,20H,7-16H2,1H3;2*1H. The molecule has 3 rings (SSSR count). The summed E-state index contributed by atoms with van der Waals surface area (Å²) in [6, 6.07) is 10.4. The molecule has 2 aliphatic heterocycles. The molecule has 0 aromatic heterocycles. The molecular formula is C19H31Cl2N3O3S. The summed E-state index contributed by atoms with van der Waals surface area (Å²) in [5.41, 5.74) is 1.32. The summed E-state index contributed by atoms with van der Waals surface area (Å²) in [5, 5.41) is 3.17. The van der Waals surface area contributed by atoms with E-state index in [1.165, 1.54) is 11.8 Å². The number of hydrogen-bond acceptors (Lipinski definition) is 5. The average Bonchev–Trinajstić information content (AvgIpc) is 2.67. The van der Waals surface area contributed by atoms with Gasteiger partial charge in [0.1, 0.15) is 0 Å². The van der Waals surface area contributed by atoms with Gasteiger partial charge in [0, 0.05) is 39.0 Å². The number of rotatable bonds is 5. The van der Waals surface area contributed by atoms with Crippen molar-refractivity contribution in [3.63, 3.8) is 0 Å². The number of amides is 1. The molecule has 0 spiro atoms. The lowest BCUT2D eigenvalue weighted by Crippen LogP contribution is -2.61. The van der Waals surface area contributed by atoms with Gasteiger partial charge in [-0.15, -0.1) is 24.8 Å². The number of carbonyl (C=O) groups is 1. The van der Waals surface area contributed by atoms with E-state index in [-0.39, 0.29) is 30.7 Å². The summed E-state index contributed by atoms with van der Waals surface area (Å²) in [6.07, 6.45) is 2.96. The van der Waals surface area contributed by atoms with Crippen molar-refractivity contribution in [1.82, 2.24) is 15.1 Å². The summed E-state index contributed by atoms with van der Waals surface area (Å²) < 4.78 is 23.6. The third-order valence-corrected chi connectivity index (χ3v) is 7.73. The summed E-state index contributed by atoms with van der Waals surface area (Å²) in [6.45, 7) is 4.95. The van der Waals surface area contributed by atoms with Crippen molar-refractivity contribution in [3.8, 4) is 0 Å². The Morgan fingerprint density at radius 2 is 1.61 bits per heavy atom. The molecule has 1 N–H and O–H groups in total. The smallest absolute Gasteiger partial charge is 0.244 e. The van der Waals surface area contributed by atoms with Crippen molar-refractivity contribution in [2.45, 2.75) is 24.0 Å². The van der Waals surface area contributed by atoms with Crippen LogP contribution in [0.5, 0.6) is 0 Å². The fourth-order valence-electron chi connectivity index (χ4n) is 3.97. The van der Waals surface area contributed by atoms with Crippen molar-refractivity contribution < 1.29 is 13.2 Å². The zero-order valence-electron chi connectivity index (χ0n) is 16.3. The monoisotopic (exact) mass is 451 g/mol. The first-order valence-corrected chi connectivity index (χ1v) is 11.3. The molecule has 6 nitrogen and oxygen atoms in total. The number of nitrogens with zero attached hydrogens (tertiary/aromatic N) is 2. The van der Waals surface area contributed by atoms with E-state index in [9.17, 15) is 13.2 Å². The second-order valence-electron chi connectivity index (χ2n) is 7.39. The number of benzene rings is 1. The predicted molar refractivity (Wildman–Crippen MR) is 117 cm³/mol. The highest BCUT2D eigenvalue weighted by molar-refractivity contribution is 7.92. The van der Waals surface area contributed by atoms with E-state index in [2.05, 4.69) is 34.5 Å². The Balaban J connectivity index is 0.00000196. The lowest BCUT2D eigenvalue weighted by molar-refractivity contribution is -0.136. The van der Waals surface area contributed by atoms with Crippen LogP contribution in [0.25, 0.3) is 0 Å². The van der Waals surface area contributed by atoms with Crippen LogP contribution in [0.15, 0.2) is 30.3 Å². The molecule has 0 saturated carbocycles. The first-order valence-electron chi connectivity index (χ1n) is 9.38. The fraction of sp³-hybridized carbons (Fsp3) is 0.632. The Morgan fingerprint density at radius 1 is 1.04 bits per heavy atom. The van der Waals surface area contributed by atoms with Gasteiger partial charge < -0.3 is 10.2 Å². The Kier molecular flexibility index (Phi) is 9.70. The molecule has 28 heavy (non-hydrogen) atoms. The maximum Gasteiger partial charge on any atom is 0.244 e. The van der Waals surface area contributed by atoms with Gasteiger partial charge in [-0.1, -0.05) is 30.3 Å². The number of nitrogens with one attached hydrogen (secondary N) is 1. The molecule has 1 aromatic rings. The second-order valence-corrected chi connectivity index (χ2v) is 9.71. The zero-order valence-corrected chi connectivity index (χ0v) is 18.8. The van der Waals surface area contributed by atoms with Crippen molar-refractivity contribution >= 4 is 40.6 Å².